The van der Waals surface area contributed by atoms with Crippen molar-refractivity contribution < 1.29 is 5.11 Å². The maximum absolute atomic E-state index is 9.62. The van der Waals surface area contributed by atoms with Crippen molar-refractivity contribution in [2.24, 2.45) is 5.73 Å². The Morgan fingerprint density at radius 1 is 1.46 bits per heavy atom. The molecule has 3 heteroatoms. The van der Waals surface area contributed by atoms with E-state index in [0.29, 0.717) is 5.75 Å². The van der Waals surface area contributed by atoms with E-state index >= 15 is 0 Å². The molecule has 0 aromatic heterocycles. The summed E-state index contributed by atoms with van der Waals surface area (Å²) in [6.07, 6.45) is 0.844. The van der Waals surface area contributed by atoms with Crippen LogP contribution < -0.4 is 5.73 Å². The minimum Gasteiger partial charge on any atom is -0.507 e. The molecule has 0 bridgehead atoms. The van der Waals surface area contributed by atoms with Crippen LogP contribution in [-0.2, 0) is 0 Å². The Labute approximate surface area is 85.2 Å². The first-order valence-corrected chi connectivity index (χ1v) is 4.20. The van der Waals surface area contributed by atoms with Crippen LogP contribution in [0.15, 0.2) is 18.2 Å². The highest BCUT2D eigenvalue weighted by Gasteiger charge is 2.09. The molecular weight excluding hydrogens is 186 g/mol. The zero-order chi connectivity index (χ0) is 9.14. The number of rotatable bonds is 2. The smallest absolute Gasteiger partial charge is 0.123 e. The minimum absolute atomic E-state index is 0. The molecule has 3 N–H and O–H groups in total. The van der Waals surface area contributed by atoms with E-state index in [4.69, 9.17) is 5.73 Å². The molecule has 0 fully saturated rings. The number of halogens is 1. The first-order chi connectivity index (χ1) is 5.66. The number of phenols is 1. The highest BCUT2D eigenvalue weighted by molar-refractivity contribution is 5.85. The second kappa shape index (κ2) is 5.10. The van der Waals surface area contributed by atoms with Crippen molar-refractivity contribution >= 4 is 12.4 Å². The summed E-state index contributed by atoms with van der Waals surface area (Å²) in [6.45, 7) is 3.88. The van der Waals surface area contributed by atoms with Gasteiger partial charge in [0.1, 0.15) is 5.75 Å². The summed E-state index contributed by atoms with van der Waals surface area (Å²) < 4.78 is 0. The van der Waals surface area contributed by atoms with Crippen LogP contribution in [0.25, 0.3) is 0 Å². The van der Waals surface area contributed by atoms with E-state index in [1.54, 1.807) is 0 Å². The van der Waals surface area contributed by atoms with Crippen LogP contribution in [-0.4, -0.2) is 5.11 Å². The molecule has 2 nitrogen and oxygen atoms in total. The molecule has 1 rings (SSSR count). The minimum atomic E-state index is -0.0510. The molecule has 0 aliphatic rings. The first kappa shape index (κ1) is 12.3. The third-order valence-corrected chi connectivity index (χ3v) is 2.11. The van der Waals surface area contributed by atoms with Gasteiger partial charge in [0, 0.05) is 11.6 Å². The molecule has 74 valence electrons. The van der Waals surface area contributed by atoms with Gasteiger partial charge in [0.2, 0.25) is 0 Å². The molecule has 0 aliphatic heterocycles. The van der Waals surface area contributed by atoms with Crippen molar-refractivity contribution in [3.8, 4) is 5.75 Å². The maximum atomic E-state index is 9.62. The van der Waals surface area contributed by atoms with E-state index in [-0.39, 0.29) is 18.4 Å². The Bertz CT molecular complexity index is 276. The summed E-state index contributed by atoms with van der Waals surface area (Å²) in [6, 6.07) is 5.61. The summed E-state index contributed by atoms with van der Waals surface area (Å²) in [5.41, 5.74) is 7.53. The highest BCUT2D eigenvalue weighted by atomic mass is 35.5. The molecule has 0 radical (unpaired) electrons. The molecule has 0 saturated carbocycles. The number of aromatic hydroxyl groups is 1. The molecule has 0 heterocycles. The van der Waals surface area contributed by atoms with Crippen molar-refractivity contribution in [1.82, 2.24) is 0 Å². The van der Waals surface area contributed by atoms with E-state index in [2.05, 4.69) is 0 Å². The van der Waals surface area contributed by atoms with Gasteiger partial charge in [0.25, 0.3) is 0 Å². The molecule has 1 atom stereocenters. The fourth-order valence-electron chi connectivity index (χ4n) is 1.20. The van der Waals surface area contributed by atoms with Crippen LogP contribution >= 0.6 is 12.4 Å². The van der Waals surface area contributed by atoms with Gasteiger partial charge in [-0.2, -0.15) is 0 Å². The summed E-state index contributed by atoms with van der Waals surface area (Å²) in [7, 11) is 0. The van der Waals surface area contributed by atoms with Crippen molar-refractivity contribution in [3.63, 3.8) is 0 Å². The van der Waals surface area contributed by atoms with Crippen LogP contribution in [0.5, 0.6) is 5.75 Å². The average Bonchev–Trinajstić information content (AvgIpc) is 2.08. The average molecular weight is 202 g/mol. The topological polar surface area (TPSA) is 46.2 Å². The van der Waals surface area contributed by atoms with Crippen molar-refractivity contribution in [2.45, 2.75) is 26.3 Å². The lowest BCUT2D eigenvalue weighted by Gasteiger charge is -2.12. The Morgan fingerprint density at radius 3 is 2.62 bits per heavy atom. The highest BCUT2D eigenvalue weighted by Crippen LogP contribution is 2.27. The second-order valence-electron chi connectivity index (χ2n) is 3.03. The van der Waals surface area contributed by atoms with Gasteiger partial charge < -0.3 is 10.8 Å². The molecule has 1 aromatic carbocycles. The Kier molecular flexibility index (Phi) is 4.81. The number of phenolic OH excluding ortho intramolecular Hbond substituents is 1. The molecule has 0 amide bonds. The van der Waals surface area contributed by atoms with Gasteiger partial charge in [0.05, 0.1) is 0 Å². The summed E-state index contributed by atoms with van der Waals surface area (Å²) in [4.78, 5) is 0. The largest absolute Gasteiger partial charge is 0.507 e. The number of aryl methyl sites for hydroxylation is 1. The first-order valence-electron chi connectivity index (χ1n) is 4.20. The number of para-hydroxylation sites is 1. The summed E-state index contributed by atoms with van der Waals surface area (Å²) >= 11 is 0. The normalized spacial score (nSPS) is 11.9. The quantitative estimate of drug-likeness (QED) is 0.773. The maximum Gasteiger partial charge on any atom is 0.123 e. The Hall–Kier alpha value is -0.730. The molecule has 0 aliphatic carbocycles. The SMILES string of the molecule is CC[C@H](N)c1cccc(C)c1O.Cl. The fourth-order valence-corrected chi connectivity index (χ4v) is 1.20. The van der Waals surface area contributed by atoms with Gasteiger partial charge in [0.15, 0.2) is 0 Å². The van der Waals surface area contributed by atoms with E-state index in [1.807, 2.05) is 32.0 Å². The van der Waals surface area contributed by atoms with Gasteiger partial charge in [-0.15, -0.1) is 12.4 Å². The Morgan fingerprint density at radius 2 is 2.08 bits per heavy atom. The van der Waals surface area contributed by atoms with Gasteiger partial charge in [-0.05, 0) is 18.9 Å². The Balaban J connectivity index is 0.00000144. The van der Waals surface area contributed by atoms with E-state index in [0.717, 1.165) is 17.5 Å². The van der Waals surface area contributed by atoms with E-state index in [9.17, 15) is 5.11 Å². The van der Waals surface area contributed by atoms with Crippen molar-refractivity contribution in [1.29, 1.82) is 0 Å². The summed E-state index contributed by atoms with van der Waals surface area (Å²) in [5, 5.41) is 9.62. The molecule has 1 aromatic rings. The fraction of sp³-hybridized carbons (Fsp3) is 0.400. The molecule has 0 spiro atoms. The lowest BCUT2D eigenvalue weighted by atomic mass is 10.0. The van der Waals surface area contributed by atoms with Crippen LogP contribution in [0, 0.1) is 6.92 Å². The van der Waals surface area contributed by atoms with Gasteiger partial charge in [-0.1, -0.05) is 25.1 Å². The van der Waals surface area contributed by atoms with E-state index < -0.39 is 0 Å². The second-order valence-corrected chi connectivity index (χ2v) is 3.03. The van der Waals surface area contributed by atoms with Crippen molar-refractivity contribution in [3.05, 3.63) is 29.3 Å². The predicted molar refractivity (Wildman–Crippen MR) is 57.3 cm³/mol. The standard InChI is InChI=1S/C10H15NO.ClH/c1-3-9(11)8-6-4-5-7(2)10(8)12;/h4-6,9,12H,3,11H2,1-2H3;1H/t9-;/m0./s1. The van der Waals surface area contributed by atoms with Crippen LogP contribution in [0.3, 0.4) is 0 Å². The van der Waals surface area contributed by atoms with Gasteiger partial charge in [-0.3, -0.25) is 0 Å². The van der Waals surface area contributed by atoms with E-state index in [1.165, 1.54) is 0 Å². The van der Waals surface area contributed by atoms with Gasteiger partial charge >= 0.3 is 0 Å². The summed E-state index contributed by atoms with van der Waals surface area (Å²) in [5.74, 6) is 0.340. The van der Waals surface area contributed by atoms with Crippen LogP contribution in [0.1, 0.15) is 30.5 Å². The van der Waals surface area contributed by atoms with Crippen LogP contribution in [0.2, 0.25) is 0 Å². The predicted octanol–water partition coefficient (Wildman–Crippen LogP) is 2.53. The number of hydrogen-bond donors (Lipinski definition) is 2. The molecule has 0 saturated heterocycles. The zero-order valence-corrected chi connectivity index (χ0v) is 8.77. The molecule has 13 heavy (non-hydrogen) atoms. The lowest BCUT2D eigenvalue weighted by Crippen LogP contribution is -2.08. The molecular formula is C10H16ClNO. The van der Waals surface area contributed by atoms with Crippen molar-refractivity contribution in [2.75, 3.05) is 0 Å². The third kappa shape index (κ3) is 2.61. The number of hydrogen-bond acceptors (Lipinski definition) is 2. The lowest BCUT2D eigenvalue weighted by molar-refractivity contribution is 0.456. The van der Waals surface area contributed by atoms with Crippen LogP contribution in [0.4, 0.5) is 0 Å². The zero-order valence-electron chi connectivity index (χ0n) is 7.95. The monoisotopic (exact) mass is 201 g/mol. The van der Waals surface area contributed by atoms with Gasteiger partial charge in [-0.25, -0.2) is 0 Å². The third-order valence-electron chi connectivity index (χ3n) is 2.11. The number of nitrogens with two attached hydrogens (primary N) is 1. The number of benzene rings is 1. The molecule has 0 unspecified atom stereocenters.